The number of aromatic nitrogens is 1. The van der Waals surface area contributed by atoms with E-state index in [2.05, 4.69) is 4.98 Å². The SMILES string of the molecule is NC(=O)c1ccc(CCc2ccccc2F)cn1. The molecule has 2 rings (SSSR count). The molecule has 1 heterocycles. The van der Waals surface area contributed by atoms with Crippen LogP contribution in [0.1, 0.15) is 21.6 Å². The maximum absolute atomic E-state index is 13.4. The third kappa shape index (κ3) is 2.91. The summed E-state index contributed by atoms with van der Waals surface area (Å²) < 4.78 is 13.4. The Bertz CT molecular complexity index is 552. The number of hydrogen-bond acceptors (Lipinski definition) is 2. The molecule has 92 valence electrons. The van der Waals surface area contributed by atoms with Crippen molar-refractivity contribution in [2.75, 3.05) is 0 Å². The van der Waals surface area contributed by atoms with Gasteiger partial charge in [-0.3, -0.25) is 9.78 Å². The van der Waals surface area contributed by atoms with Gasteiger partial charge in [0.05, 0.1) is 0 Å². The molecule has 0 aliphatic rings. The maximum Gasteiger partial charge on any atom is 0.267 e. The number of halogens is 1. The number of pyridine rings is 1. The molecule has 0 radical (unpaired) electrons. The molecule has 18 heavy (non-hydrogen) atoms. The van der Waals surface area contributed by atoms with E-state index in [1.807, 2.05) is 6.07 Å². The van der Waals surface area contributed by atoms with Gasteiger partial charge in [-0.15, -0.1) is 0 Å². The molecule has 1 aromatic carbocycles. The fourth-order valence-corrected chi connectivity index (χ4v) is 1.70. The number of rotatable bonds is 4. The summed E-state index contributed by atoms with van der Waals surface area (Å²) in [6.45, 7) is 0. The van der Waals surface area contributed by atoms with Crippen LogP contribution >= 0.6 is 0 Å². The van der Waals surface area contributed by atoms with Crippen molar-refractivity contribution < 1.29 is 9.18 Å². The van der Waals surface area contributed by atoms with Crippen LogP contribution in [0.4, 0.5) is 4.39 Å². The van der Waals surface area contributed by atoms with Crippen LogP contribution in [0.25, 0.3) is 0 Å². The number of carbonyl (C=O) groups excluding carboxylic acids is 1. The zero-order valence-corrected chi connectivity index (χ0v) is 9.77. The van der Waals surface area contributed by atoms with Crippen LogP contribution in [0.5, 0.6) is 0 Å². The molecule has 0 saturated heterocycles. The monoisotopic (exact) mass is 244 g/mol. The van der Waals surface area contributed by atoms with Gasteiger partial charge in [0.2, 0.25) is 0 Å². The lowest BCUT2D eigenvalue weighted by Crippen LogP contribution is -2.12. The van der Waals surface area contributed by atoms with E-state index in [4.69, 9.17) is 5.73 Å². The Morgan fingerprint density at radius 1 is 1.17 bits per heavy atom. The smallest absolute Gasteiger partial charge is 0.267 e. The molecule has 0 spiro atoms. The zero-order chi connectivity index (χ0) is 13.0. The summed E-state index contributed by atoms with van der Waals surface area (Å²) in [7, 11) is 0. The van der Waals surface area contributed by atoms with Crippen molar-refractivity contribution >= 4 is 5.91 Å². The van der Waals surface area contributed by atoms with E-state index in [9.17, 15) is 9.18 Å². The van der Waals surface area contributed by atoms with Crippen LogP contribution in [0.3, 0.4) is 0 Å². The van der Waals surface area contributed by atoms with Crippen LogP contribution in [-0.4, -0.2) is 10.9 Å². The molecule has 4 heteroatoms. The first-order valence-corrected chi connectivity index (χ1v) is 5.65. The van der Waals surface area contributed by atoms with Crippen LogP contribution in [0.2, 0.25) is 0 Å². The minimum atomic E-state index is -0.546. The first-order valence-electron chi connectivity index (χ1n) is 5.65. The topological polar surface area (TPSA) is 56.0 Å². The molecule has 1 amide bonds. The Labute approximate surface area is 104 Å². The Morgan fingerprint density at radius 2 is 1.94 bits per heavy atom. The Balaban J connectivity index is 2.02. The van der Waals surface area contributed by atoms with Crippen molar-refractivity contribution in [3.8, 4) is 0 Å². The van der Waals surface area contributed by atoms with Gasteiger partial charge in [-0.2, -0.15) is 0 Å². The van der Waals surface area contributed by atoms with Crippen LogP contribution in [-0.2, 0) is 12.8 Å². The lowest BCUT2D eigenvalue weighted by atomic mass is 10.1. The summed E-state index contributed by atoms with van der Waals surface area (Å²) in [4.78, 5) is 14.8. The van der Waals surface area contributed by atoms with Crippen LogP contribution in [0.15, 0.2) is 42.6 Å². The Morgan fingerprint density at radius 3 is 2.56 bits per heavy atom. The molecular formula is C14H13FN2O. The number of amides is 1. The minimum absolute atomic E-state index is 0.195. The first kappa shape index (κ1) is 12.2. The summed E-state index contributed by atoms with van der Waals surface area (Å²) in [5, 5.41) is 0. The normalized spacial score (nSPS) is 10.3. The molecular weight excluding hydrogens is 231 g/mol. The van der Waals surface area contributed by atoms with Crippen LogP contribution < -0.4 is 5.73 Å². The summed E-state index contributed by atoms with van der Waals surface area (Å²) in [6, 6.07) is 10.1. The average molecular weight is 244 g/mol. The molecule has 0 unspecified atom stereocenters. The highest BCUT2D eigenvalue weighted by Crippen LogP contribution is 2.10. The Kier molecular flexibility index (Phi) is 3.67. The van der Waals surface area contributed by atoms with Crippen molar-refractivity contribution in [2.24, 2.45) is 5.73 Å². The van der Waals surface area contributed by atoms with E-state index in [0.717, 1.165) is 5.56 Å². The fraction of sp³-hybridized carbons (Fsp3) is 0.143. The lowest BCUT2D eigenvalue weighted by Gasteiger charge is -2.03. The largest absolute Gasteiger partial charge is 0.364 e. The number of carbonyl (C=O) groups is 1. The number of primary amides is 1. The van der Waals surface area contributed by atoms with Gasteiger partial charge in [-0.1, -0.05) is 24.3 Å². The molecule has 3 nitrogen and oxygen atoms in total. The average Bonchev–Trinajstić information content (AvgIpc) is 2.38. The van der Waals surface area contributed by atoms with Crippen molar-refractivity contribution in [1.82, 2.24) is 4.98 Å². The first-order chi connectivity index (χ1) is 8.66. The van der Waals surface area contributed by atoms with Gasteiger partial charge in [-0.05, 0) is 36.1 Å². The standard InChI is InChI=1S/C14H13FN2O/c15-12-4-2-1-3-11(12)7-5-10-6-8-13(14(16)18)17-9-10/h1-4,6,8-9H,5,7H2,(H2,16,18). The maximum atomic E-state index is 13.4. The van der Waals surface area contributed by atoms with Crippen molar-refractivity contribution in [2.45, 2.75) is 12.8 Å². The number of nitrogens with two attached hydrogens (primary N) is 1. The van der Waals surface area contributed by atoms with Crippen LogP contribution in [0, 0.1) is 5.82 Å². The van der Waals surface area contributed by atoms with E-state index in [1.165, 1.54) is 6.07 Å². The highest BCUT2D eigenvalue weighted by Gasteiger charge is 2.04. The zero-order valence-electron chi connectivity index (χ0n) is 9.77. The highest BCUT2D eigenvalue weighted by molar-refractivity contribution is 5.90. The third-order valence-electron chi connectivity index (χ3n) is 2.72. The second-order valence-electron chi connectivity index (χ2n) is 4.01. The van der Waals surface area contributed by atoms with Crippen molar-refractivity contribution in [3.05, 3.63) is 65.2 Å². The van der Waals surface area contributed by atoms with E-state index in [0.29, 0.717) is 18.4 Å². The van der Waals surface area contributed by atoms with Crippen molar-refractivity contribution in [3.63, 3.8) is 0 Å². The van der Waals surface area contributed by atoms with Gasteiger partial charge in [0.15, 0.2) is 0 Å². The van der Waals surface area contributed by atoms with Gasteiger partial charge in [-0.25, -0.2) is 4.39 Å². The molecule has 2 aromatic rings. The molecule has 0 aliphatic carbocycles. The second kappa shape index (κ2) is 5.40. The number of nitrogens with zero attached hydrogens (tertiary/aromatic N) is 1. The summed E-state index contributed by atoms with van der Waals surface area (Å²) >= 11 is 0. The number of benzene rings is 1. The molecule has 2 N–H and O–H groups in total. The van der Waals surface area contributed by atoms with E-state index in [-0.39, 0.29) is 11.5 Å². The Hall–Kier alpha value is -2.23. The van der Waals surface area contributed by atoms with Crippen molar-refractivity contribution in [1.29, 1.82) is 0 Å². The number of aryl methyl sites for hydroxylation is 2. The number of hydrogen-bond donors (Lipinski definition) is 1. The lowest BCUT2D eigenvalue weighted by molar-refractivity contribution is 0.0995. The predicted molar refractivity (Wildman–Crippen MR) is 66.6 cm³/mol. The summed E-state index contributed by atoms with van der Waals surface area (Å²) in [6.07, 6.45) is 2.87. The summed E-state index contributed by atoms with van der Waals surface area (Å²) in [5.74, 6) is -0.741. The molecule has 0 atom stereocenters. The highest BCUT2D eigenvalue weighted by atomic mass is 19.1. The molecule has 0 fully saturated rings. The van der Waals surface area contributed by atoms with Gasteiger partial charge >= 0.3 is 0 Å². The van der Waals surface area contributed by atoms with E-state index in [1.54, 1.807) is 30.5 Å². The molecule has 0 saturated carbocycles. The van der Waals surface area contributed by atoms with E-state index < -0.39 is 5.91 Å². The molecule has 0 aliphatic heterocycles. The summed E-state index contributed by atoms with van der Waals surface area (Å²) in [5.41, 5.74) is 6.96. The fourth-order valence-electron chi connectivity index (χ4n) is 1.70. The molecule has 0 bridgehead atoms. The second-order valence-corrected chi connectivity index (χ2v) is 4.01. The van der Waals surface area contributed by atoms with Gasteiger partial charge in [0.25, 0.3) is 5.91 Å². The predicted octanol–water partition coefficient (Wildman–Crippen LogP) is 2.10. The minimum Gasteiger partial charge on any atom is -0.364 e. The quantitative estimate of drug-likeness (QED) is 0.895. The van der Waals surface area contributed by atoms with Gasteiger partial charge in [0, 0.05) is 6.20 Å². The van der Waals surface area contributed by atoms with Gasteiger partial charge < -0.3 is 5.73 Å². The van der Waals surface area contributed by atoms with Gasteiger partial charge in [0.1, 0.15) is 11.5 Å². The van der Waals surface area contributed by atoms with E-state index >= 15 is 0 Å². The molecule has 1 aromatic heterocycles. The third-order valence-corrected chi connectivity index (χ3v) is 2.72.